The molecule has 1 rings (SSSR count). The molecule has 0 bridgehead atoms. The van der Waals surface area contributed by atoms with E-state index in [1.165, 1.54) is 6.20 Å². The Morgan fingerprint density at radius 3 is 2.72 bits per heavy atom. The first-order chi connectivity index (χ1) is 8.40. The molecule has 0 aliphatic heterocycles. The van der Waals surface area contributed by atoms with Crippen LogP contribution in [0.4, 0.5) is 0 Å². The molecule has 1 aromatic rings. The minimum absolute atomic E-state index is 0.0534. The lowest BCUT2D eigenvalue weighted by Crippen LogP contribution is -2.33. The Bertz CT molecular complexity index is 482. The van der Waals surface area contributed by atoms with Crippen molar-refractivity contribution < 1.29 is 13.5 Å². The van der Waals surface area contributed by atoms with Crippen LogP contribution in [0.2, 0.25) is 0 Å². The molecule has 0 saturated carbocycles. The standard InChI is InChI=1S/C11H21N3O3S/c1-4-14-8-11(12-10(14)3)18(16,17)13-9(2)6-5-7-15/h8-9,13,15H,4-7H2,1-3H3. The Morgan fingerprint density at radius 2 is 2.22 bits per heavy atom. The molecule has 18 heavy (non-hydrogen) atoms. The Morgan fingerprint density at radius 1 is 1.56 bits per heavy atom. The molecule has 0 amide bonds. The SMILES string of the molecule is CCn1cc(S(=O)(=O)NC(C)CCCO)nc1C. The number of nitrogens with one attached hydrogen (secondary N) is 1. The molecular formula is C11H21N3O3S. The summed E-state index contributed by atoms with van der Waals surface area (Å²) < 4.78 is 28.4. The third-order valence-corrected chi connectivity index (χ3v) is 4.18. The van der Waals surface area contributed by atoms with Crippen LogP contribution in [0.25, 0.3) is 0 Å². The fourth-order valence-electron chi connectivity index (χ4n) is 1.71. The second-order valence-electron chi connectivity index (χ2n) is 4.30. The summed E-state index contributed by atoms with van der Waals surface area (Å²) in [5.74, 6) is 0.681. The largest absolute Gasteiger partial charge is 0.396 e. The highest BCUT2D eigenvalue weighted by atomic mass is 32.2. The van der Waals surface area contributed by atoms with Gasteiger partial charge in [-0.3, -0.25) is 0 Å². The Labute approximate surface area is 108 Å². The van der Waals surface area contributed by atoms with E-state index in [-0.39, 0.29) is 17.7 Å². The molecule has 0 saturated heterocycles. The predicted molar refractivity (Wildman–Crippen MR) is 68.7 cm³/mol. The number of imidazole rings is 1. The quantitative estimate of drug-likeness (QED) is 0.765. The second kappa shape index (κ2) is 6.31. The number of aryl methyl sites for hydroxylation is 2. The van der Waals surface area contributed by atoms with Crippen molar-refractivity contribution in [3.8, 4) is 0 Å². The van der Waals surface area contributed by atoms with Gasteiger partial charge in [0.15, 0.2) is 5.03 Å². The van der Waals surface area contributed by atoms with Gasteiger partial charge in [0, 0.05) is 25.4 Å². The van der Waals surface area contributed by atoms with Crippen LogP contribution in [0.15, 0.2) is 11.2 Å². The molecule has 1 atom stereocenters. The van der Waals surface area contributed by atoms with E-state index in [4.69, 9.17) is 5.11 Å². The number of hydrogen-bond acceptors (Lipinski definition) is 4. The van der Waals surface area contributed by atoms with Gasteiger partial charge in [-0.1, -0.05) is 0 Å². The molecule has 104 valence electrons. The van der Waals surface area contributed by atoms with Crippen LogP contribution >= 0.6 is 0 Å². The van der Waals surface area contributed by atoms with Crippen LogP contribution in [0.1, 0.15) is 32.5 Å². The van der Waals surface area contributed by atoms with E-state index in [0.29, 0.717) is 25.2 Å². The van der Waals surface area contributed by atoms with Gasteiger partial charge < -0.3 is 9.67 Å². The van der Waals surface area contributed by atoms with E-state index in [0.717, 1.165) is 0 Å². The number of aromatic nitrogens is 2. The van der Waals surface area contributed by atoms with Crippen LogP contribution in [0.5, 0.6) is 0 Å². The summed E-state index contributed by atoms with van der Waals surface area (Å²) >= 11 is 0. The molecule has 0 radical (unpaired) electrons. The Kier molecular flexibility index (Phi) is 5.30. The maximum absolute atomic E-state index is 12.0. The maximum Gasteiger partial charge on any atom is 0.259 e. The molecule has 0 spiro atoms. The smallest absolute Gasteiger partial charge is 0.259 e. The highest BCUT2D eigenvalue weighted by molar-refractivity contribution is 7.89. The number of rotatable bonds is 7. The van der Waals surface area contributed by atoms with Gasteiger partial charge in [0.2, 0.25) is 0 Å². The first-order valence-corrected chi connectivity index (χ1v) is 7.56. The van der Waals surface area contributed by atoms with Gasteiger partial charge in [0.25, 0.3) is 10.0 Å². The number of sulfonamides is 1. The van der Waals surface area contributed by atoms with Crippen molar-refractivity contribution in [2.24, 2.45) is 0 Å². The minimum atomic E-state index is -3.57. The van der Waals surface area contributed by atoms with Crippen molar-refractivity contribution in [3.63, 3.8) is 0 Å². The summed E-state index contributed by atoms with van der Waals surface area (Å²) in [6.07, 6.45) is 2.71. The van der Waals surface area contributed by atoms with Crippen LogP contribution in [0, 0.1) is 6.92 Å². The molecule has 0 aromatic carbocycles. The zero-order valence-electron chi connectivity index (χ0n) is 11.0. The number of hydrogen-bond donors (Lipinski definition) is 2. The van der Waals surface area contributed by atoms with E-state index in [1.54, 1.807) is 18.4 Å². The normalized spacial score (nSPS) is 13.8. The zero-order valence-corrected chi connectivity index (χ0v) is 11.9. The van der Waals surface area contributed by atoms with Gasteiger partial charge in [-0.25, -0.2) is 18.1 Å². The number of aliphatic hydroxyl groups is 1. The average Bonchev–Trinajstić information content (AvgIpc) is 2.68. The molecule has 0 fully saturated rings. The molecule has 1 aromatic heterocycles. The first kappa shape index (κ1) is 15.1. The van der Waals surface area contributed by atoms with E-state index >= 15 is 0 Å². The molecule has 7 heteroatoms. The summed E-state index contributed by atoms with van der Waals surface area (Å²) in [4.78, 5) is 4.05. The second-order valence-corrected chi connectivity index (χ2v) is 5.96. The van der Waals surface area contributed by atoms with E-state index < -0.39 is 10.0 Å². The molecular weight excluding hydrogens is 254 g/mol. The van der Waals surface area contributed by atoms with Crippen molar-refractivity contribution in [1.82, 2.24) is 14.3 Å². The fraction of sp³-hybridized carbons (Fsp3) is 0.727. The van der Waals surface area contributed by atoms with Crippen molar-refractivity contribution in [3.05, 3.63) is 12.0 Å². The van der Waals surface area contributed by atoms with Crippen LogP contribution < -0.4 is 4.72 Å². The third-order valence-electron chi connectivity index (χ3n) is 2.72. The lowest BCUT2D eigenvalue weighted by molar-refractivity contribution is 0.279. The Balaban J connectivity index is 2.79. The van der Waals surface area contributed by atoms with Crippen molar-refractivity contribution in [1.29, 1.82) is 0 Å². The molecule has 2 N–H and O–H groups in total. The summed E-state index contributed by atoms with van der Waals surface area (Å²) in [5.41, 5.74) is 0. The number of nitrogens with zero attached hydrogens (tertiary/aromatic N) is 2. The van der Waals surface area contributed by atoms with E-state index in [2.05, 4.69) is 9.71 Å². The van der Waals surface area contributed by atoms with Crippen LogP contribution in [0.3, 0.4) is 0 Å². The summed E-state index contributed by atoms with van der Waals surface area (Å²) in [5, 5.41) is 8.76. The predicted octanol–water partition coefficient (Wildman–Crippen LogP) is 0.651. The summed E-state index contributed by atoms with van der Waals surface area (Å²) in [7, 11) is -3.57. The molecule has 1 heterocycles. The maximum atomic E-state index is 12.0. The first-order valence-electron chi connectivity index (χ1n) is 6.07. The lowest BCUT2D eigenvalue weighted by atomic mass is 10.2. The fourth-order valence-corrected chi connectivity index (χ4v) is 3.00. The van der Waals surface area contributed by atoms with E-state index in [1.807, 2.05) is 6.92 Å². The average molecular weight is 275 g/mol. The highest BCUT2D eigenvalue weighted by Gasteiger charge is 2.20. The van der Waals surface area contributed by atoms with Gasteiger partial charge in [0.05, 0.1) is 0 Å². The van der Waals surface area contributed by atoms with Gasteiger partial charge in [-0.15, -0.1) is 0 Å². The topological polar surface area (TPSA) is 84.2 Å². The van der Waals surface area contributed by atoms with Gasteiger partial charge in [0.1, 0.15) is 5.82 Å². The van der Waals surface area contributed by atoms with Gasteiger partial charge in [-0.05, 0) is 33.6 Å². The molecule has 1 unspecified atom stereocenters. The minimum Gasteiger partial charge on any atom is -0.396 e. The van der Waals surface area contributed by atoms with Gasteiger partial charge >= 0.3 is 0 Å². The highest BCUT2D eigenvalue weighted by Crippen LogP contribution is 2.10. The summed E-state index contributed by atoms with van der Waals surface area (Å²) in [6, 6.07) is -0.214. The van der Waals surface area contributed by atoms with E-state index in [9.17, 15) is 8.42 Å². The third kappa shape index (κ3) is 3.79. The van der Waals surface area contributed by atoms with Crippen molar-refractivity contribution >= 4 is 10.0 Å². The number of aliphatic hydroxyl groups excluding tert-OH is 1. The van der Waals surface area contributed by atoms with Crippen molar-refractivity contribution in [2.75, 3.05) is 6.61 Å². The lowest BCUT2D eigenvalue weighted by Gasteiger charge is -2.11. The van der Waals surface area contributed by atoms with Crippen molar-refractivity contribution in [2.45, 2.75) is 51.2 Å². The van der Waals surface area contributed by atoms with Gasteiger partial charge in [-0.2, -0.15) is 0 Å². The molecule has 6 nitrogen and oxygen atoms in total. The summed E-state index contributed by atoms with van der Waals surface area (Å²) in [6.45, 7) is 6.24. The Hall–Kier alpha value is -0.920. The molecule has 0 aliphatic carbocycles. The van der Waals surface area contributed by atoms with Crippen LogP contribution in [-0.4, -0.2) is 35.7 Å². The zero-order chi connectivity index (χ0) is 13.8. The monoisotopic (exact) mass is 275 g/mol. The molecule has 0 aliphatic rings. The van der Waals surface area contributed by atoms with Crippen LogP contribution in [-0.2, 0) is 16.6 Å².